The predicted octanol–water partition coefficient (Wildman–Crippen LogP) is 1.58. The fraction of sp³-hybridized carbons (Fsp3) is 1.00. The van der Waals surface area contributed by atoms with Crippen LogP contribution in [0.5, 0.6) is 0 Å². The van der Waals surface area contributed by atoms with Crippen LogP contribution in [0.2, 0.25) is 0 Å². The van der Waals surface area contributed by atoms with Gasteiger partial charge in [-0.05, 0) is 25.7 Å². The largest absolute Gasteiger partial charge is 0.298 e. The van der Waals surface area contributed by atoms with E-state index >= 15 is 0 Å². The average molecular weight is 335 g/mol. The van der Waals surface area contributed by atoms with E-state index < -0.39 is 0 Å². The van der Waals surface area contributed by atoms with E-state index in [0.29, 0.717) is 0 Å². The van der Waals surface area contributed by atoms with E-state index in [0.717, 1.165) is 12.1 Å². The number of hydrogen-bond donors (Lipinski definition) is 0. The molecule has 0 amide bonds. The lowest BCUT2D eigenvalue weighted by Gasteiger charge is -2.42. The van der Waals surface area contributed by atoms with Crippen LogP contribution in [-0.2, 0) is 0 Å². The molecule has 16 heavy (non-hydrogen) atoms. The van der Waals surface area contributed by atoms with Gasteiger partial charge in [0.2, 0.25) is 0 Å². The molecule has 0 radical (unpaired) electrons. The third-order valence-corrected chi connectivity index (χ3v) is 5.30. The van der Waals surface area contributed by atoms with E-state index in [-0.39, 0.29) is 0 Å². The SMILES string of the molecule is IN1CCC(N2CCN(C3CC3)CC2)CC1. The summed E-state index contributed by atoms with van der Waals surface area (Å²) in [6.07, 6.45) is 5.69. The predicted molar refractivity (Wildman–Crippen MR) is 74.8 cm³/mol. The highest BCUT2D eigenvalue weighted by atomic mass is 127. The Morgan fingerprint density at radius 2 is 1.06 bits per heavy atom. The number of nitrogens with zero attached hydrogens (tertiary/aromatic N) is 3. The number of piperidine rings is 1. The van der Waals surface area contributed by atoms with E-state index in [1.54, 1.807) is 0 Å². The van der Waals surface area contributed by atoms with Crippen LogP contribution in [0.4, 0.5) is 0 Å². The number of rotatable bonds is 2. The van der Waals surface area contributed by atoms with Gasteiger partial charge < -0.3 is 0 Å². The van der Waals surface area contributed by atoms with Gasteiger partial charge in [0.1, 0.15) is 0 Å². The summed E-state index contributed by atoms with van der Waals surface area (Å²) >= 11 is 2.46. The molecule has 1 aliphatic carbocycles. The first-order valence-corrected chi connectivity index (χ1v) is 7.68. The molecule has 0 aromatic rings. The van der Waals surface area contributed by atoms with Crippen molar-refractivity contribution in [3.8, 4) is 0 Å². The van der Waals surface area contributed by atoms with Crippen molar-refractivity contribution in [2.24, 2.45) is 0 Å². The molecular formula is C12H22IN3. The molecule has 1 saturated carbocycles. The number of hydrogen-bond acceptors (Lipinski definition) is 3. The lowest BCUT2D eigenvalue weighted by Crippen LogP contribution is -2.52. The molecule has 0 aromatic carbocycles. The van der Waals surface area contributed by atoms with Gasteiger partial charge in [0.15, 0.2) is 0 Å². The Kier molecular flexibility index (Phi) is 3.71. The number of halogens is 1. The van der Waals surface area contributed by atoms with E-state index in [9.17, 15) is 0 Å². The molecule has 3 aliphatic rings. The third-order valence-electron chi connectivity index (χ3n) is 4.34. The van der Waals surface area contributed by atoms with Crippen LogP contribution in [0.15, 0.2) is 0 Å². The molecule has 4 heteroatoms. The number of piperazine rings is 1. The molecule has 3 fully saturated rings. The van der Waals surface area contributed by atoms with Gasteiger partial charge in [0.05, 0.1) is 0 Å². The van der Waals surface area contributed by atoms with E-state index in [1.165, 1.54) is 65.0 Å². The summed E-state index contributed by atoms with van der Waals surface area (Å²) in [6.45, 7) is 7.87. The topological polar surface area (TPSA) is 9.72 Å². The summed E-state index contributed by atoms with van der Waals surface area (Å²) in [4.78, 5) is 5.46. The molecule has 3 rings (SSSR count). The zero-order chi connectivity index (χ0) is 11.0. The summed E-state index contributed by atoms with van der Waals surface area (Å²) in [5, 5.41) is 0. The van der Waals surface area contributed by atoms with Gasteiger partial charge in [-0.1, -0.05) is 0 Å². The van der Waals surface area contributed by atoms with Crippen LogP contribution in [0.3, 0.4) is 0 Å². The molecule has 2 saturated heterocycles. The van der Waals surface area contributed by atoms with Gasteiger partial charge in [-0.25, -0.2) is 3.11 Å². The summed E-state index contributed by atoms with van der Waals surface area (Å²) < 4.78 is 2.44. The zero-order valence-electron chi connectivity index (χ0n) is 9.95. The minimum atomic E-state index is 0.882. The van der Waals surface area contributed by atoms with E-state index in [4.69, 9.17) is 0 Å². The molecular weight excluding hydrogens is 313 g/mol. The van der Waals surface area contributed by atoms with Crippen molar-refractivity contribution in [3.05, 3.63) is 0 Å². The standard InChI is InChI=1S/C12H22IN3/c13-16-5-3-12(4-6-16)15-9-7-14(8-10-15)11-1-2-11/h11-12H,1-10H2. The summed E-state index contributed by atoms with van der Waals surface area (Å²) in [5.41, 5.74) is 0. The van der Waals surface area contributed by atoms with Gasteiger partial charge in [-0.3, -0.25) is 9.80 Å². The minimum absolute atomic E-state index is 0.882. The monoisotopic (exact) mass is 335 g/mol. The highest BCUT2D eigenvalue weighted by Crippen LogP contribution is 2.28. The third kappa shape index (κ3) is 2.71. The Morgan fingerprint density at radius 1 is 0.625 bits per heavy atom. The second-order valence-electron chi connectivity index (χ2n) is 5.44. The minimum Gasteiger partial charge on any atom is -0.298 e. The van der Waals surface area contributed by atoms with Crippen molar-refractivity contribution in [1.82, 2.24) is 12.9 Å². The lowest BCUT2D eigenvalue weighted by molar-refractivity contribution is 0.0721. The Hall–Kier alpha value is 0.610. The van der Waals surface area contributed by atoms with Crippen molar-refractivity contribution < 1.29 is 0 Å². The molecule has 0 aromatic heterocycles. The van der Waals surface area contributed by atoms with Crippen LogP contribution in [0, 0.1) is 0 Å². The average Bonchev–Trinajstić information content (AvgIpc) is 3.14. The fourth-order valence-electron chi connectivity index (χ4n) is 3.11. The molecule has 0 unspecified atom stereocenters. The van der Waals surface area contributed by atoms with Crippen molar-refractivity contribution >= 4 is 22.9 Å². The first kappa shape index (κ1) is 11.7. The summed E-state index contributed by atoms with van der Waals surface area (Å²) in [6, 6.07) is 1.85. The molecule has 0 bridgehead atoms. The normalized spacial score (nSPS) is 32.1. The van der Waals surface area contributed by atoms with Crippen LogP contribution in [0.25, 0.3) is 0 Å². The summed E-state index contributed by atoms with van der Waals surface area (Å²) in [5.74, 6) is 0. The van der Waals surface area contributed by atoms with Crippen LogP contribution in [-0.4, -0.2) is 64.3 Å². The molecule has 2 heterocycles. The molecule has 0 spiro atoms. The lowest BCUT2D eigenvalue weighted by atomic mass is 10.0. The zero-order valence-corrected chi connectivity index (χ0v) is 12.1. The summed E-state index contributed by atoms with van der Waals surface area (Å²) in [7, 11) is 0. The second kappa shape index (κ2) is 5.08. The van der Waals surface area contributed by atoms with Crippen LogP contribution < -0.4 is 0 Å². The molecule has 92 valence electrons. The fourth-order valence-corrected chi connectivity index (χ4v) is 3.66. The van der Waals surface area contributed by atoms with Gasteiger partial charge in [-0.2, -0.15) is 0 Å². The van der Waals surface area contributed by atoms with Gasteiger partial charge in [-0.15, -0.1) is 0 Å². The quantitative estimate of drug-likeness (QED) is 0.560. The van der Waals surface area contributed by atoms with Crippen molar-refractivity contribution in [3.63, 3.8) is 0 Å². The Bertz CT molecular complexity index is 228. The van der Waals surface area contributed by atoms with Crippen LogP contribution >= 0.6 is 22.9 Å². The molecule has 2 aliphatic heterocycles. The van der Waals surface area contributed by atoms with Crippen molar-refractivity contribution in [1.29, 1.82) is 0 Å². The maximum absolute atomic E-state index is 2.75. The first-order valence-electron chi connectivity index (χ1n) is 6.72. The molecule has 0 atom stereocenters. The highest BCUT2D eigenvalue weighted by Gasteiger charge is 2.33. The maximum Gasteiger partial charge on any atom is 0.0201 e. The maximum atomic E-state index is 2.75. The second-order valence-corrected chi connectivity index (χ2v) is 6.81. The van der Waals surface area contributed by atoms with Crippen molar-refractivity contribution in [2.45, 2.75) is 37.8 Å². The van der Waals surface area contributed by atoms with Gasteiger partial charge in [0.25, 0.3) is 0 Å². The van der Waals surface area contributed by atoms with Gasteiger partial charge >= 0.3 is 0 Å². The Balaban J connectivity index is 1.46. The van der Waals surface area contributed by atoms with Crippen molar-refractivity contribution in [2.75, 3.05) is 39.3 Å². The smallest absolute Gasteiger partial charge is 0.0201 e. The van der Waals surface area contributed by atoms with E-state index in [1.807, 2.05) is 0 Å². The van der Waals surface area contributed by atoms with E-state index in [2.05, 4.69) is 35.8 Å². The highest BCUT2D eigenvalue weighted by molar-refractivity contribution is 14.1. The Labute approximate surface area is 113 Å². The first-order chi connectivity index (χ1) is 7.83. The molecule has 0 N–H and O–H groups in total. The van der Waals surface area contributed by atoms with Crippen LogP contribution in [0.1, 0.15) is 25.7 Å². The molecule has 3 nitrogen and oxygen atoms in total. The Morgan fingerprint density at radius 3 is 1.50 bits per heavy atom. The van der Waals surface area contributed by atoms with Gasteiger partial charge in [0, 0.05) is 74.2 Å².